The number of fused-ring (bicyclic) bond motifs is 7. The van der Waals surface area contributed by atoms with Crippen LogP contribution in [0.15, 0.2) is 59.5 Å². The number of ether oxygens (including phenoxy) is 1. The molecule has 0 unspecified atom stereocenters. The summed E-state index contributed by atoms with van der Waals surface area (Å²) in [5.74, 6) is 0.0474. The van der Waals surface area contributed by atoms with Gasteiger partial charge in [0.2, 0.25) is 5.43 Å². The number of benzene rings is 2. The fourth-order valence-electron chi connectivity index (χ4n) is 5.54. The summed E-state index contributed by atoms with van der Waals surface area (Å²) in [6, 6.07) is 15.7. The molecule has 1 N–H and O–H groups in total. The molecule has 1 aliphatic carbocycles. The third kappa shape index (κ3) is 3.26. The van der Waals surface area contributed by atoms with Gasteiger partial charge in [-0.05, 0) is 54.9 Å². The second kappa shape index (κ2) is 8.24. The van der Waals surface area contributed by atoms with Gasteiger partial charge in [-0.25, -0.2) is 0 Å². The number of hydrogen-bond donors (Lipinski definition) is 1. The van der Waals surface area contributed by atoms with E-state index in [1.807, 2.05) is 12.1 Å². The number of aryl methyl sites for hydroxylation is 2. The number of aromatic nitrogens is 1. The Hall–Kier alpha value is -3.74. The van der Waals surface area contributed by atoms with Crippen molar-refractivity contribution in [1.82, 2.24) is 9.58 Å². The van der Waals surface area contributed by atoms with Gasteiger partial charge < -0.3 is 14.7 Å². The molecule has 0 spiro atoms. The Balaban J connectivity index is 1.65. The van der Waals surface area contributed by atoms with E-state index in [2.05, 4.69) is 35.3 Å². The highest BCUT2D eigenvalue weighted by molar-refractivity contribution is 5.96. The van der Waals surface area contributed by atoms with E-state index in [9.17, 15) is 14.7 Å². The van der Waals surface area contributed by atoms with Crippen molar-refractivity contribution in [2.24, 2.45) is 0 Å². The second-order valence-corrected chi connectivity index (χ2v) is 9.21. The number of hydrogen-bond acceptors (Lipinski definition) is 5. The number of amides is 1. The van der Waals surface area contributed by atoms with Crippen molar-refractivity contribution in [3.8, 4) is 11.5 Å². The van der Waals surface area contributed by atoms with E-state index in [1.165, 1.54) is 17.2 Å². The van der Waals surface area contributed by atoms with E-state index in [1.54, 1.807) is 15.8 Å². The first kappa shape index (κ1) is 20.8. The molecule has 6 rings (SSSR count). The van der Waals surface area contributed by atoms with Gasteiger partial charge in [0.15, 0.2) is 11.4 Å². The van der Waals surface area contributed by atoms with Crippen LogP contribution in [0.2, 0.25) is 0 Å². The Morgan fingerprint density at radius 2 is 1.74 bits per heavy atom. The van der Waals surface area contributed by atoms with Gasteiger partial charge in [0.25, 0.3) is 5.91 Å². The van der Waals surface area contributed by atoms with Crippen molar-refractivity contribution < 1.29 is 14.6 Å². The molecule has 0 saturated carbocycles. The Labute approximate surface area is 197 Å². The van der Waals surface area contributed by atoms with Crippen LogP contribution in [0.5, 0.6) is 11.5 Å². The molecule has 7 nitrogen and oxygen atoms in total. The molecule has 174 valence electrons. The predicted octanol–water partition coefficient (Wildman–Crippen LogP) is 3.36. The maximum atomic E-state index is 13.4. The van der Waals surface area contributed by atoms with Crippen LogP contribution in [0, 0.1) is 0 Å². The van der Waals surface area contributed by atoms with Gasteiger partial charge in [0.05, 0.1) is 6.61 Å². The molecule has 2 aliphatic heterocycles. The van der Waals surface area contributed by atoms with Gasteiger partial charge in [-0.2, -0.15) is 0 Å². The molecule has 1 amide bonds. The average molecular weight is 458 g/mol. The minimum atomic E-state index is -0.548. The van der Waals surface area contributed by atoms with Crippen LogP contribution in [0.4, 0.5) is 0 Å². The Morgan fingerprint density at radius 1 is 0.912 bits per heavy atom. The van der Waals surface area contributed by atoms with E-state index < -0.39 is 11.2 Å². The first-order valence-electron chi connectivity index (χ1n) is 12.0. The number of aromatic hydroxyl groups is 1. The number of carbonyl (C=O) groups is 1. The van der Waals surface area contributed by atoms with Crippen LogP contribution in [-0.2, 0) is 12.8 Å². The first-order valence-corrected chi connectivity index (χ1v) is 12.0. The third-order valence-electron chi connectivity index (χ3n) is 7.21. The quantitative estimate of drug-likeness (QED) is 0.560. The van der Waals surface area contributed by atoms with E-state index in [0.717, 1.165) is 49.0 Å². The average Bonchev–Trinajstić information content (AvgIpc) is 3.01. The lowest BCUT2D eigenvalue weighted by Gasteiger charge is -2.44. The number of carbonyl (C=O) groups excluding carboxylic acids is 1. The Bertz CT molecular complexity index is 1330. The third-order valence-corrected chi connectivity index (χ3v) is 7.21. The van der Waals surface area contributed by atoms with E-state index >= 15 is 0 Å². The minimum absolute atomic E-state index is 0.0255. The first-order chi connectivity index (χ1) is 16.6. The maximum Gasteiger partial charge on any atom is 0.277 e. The Kier molecular flexibility index (Phi) is 5.05. The number of nitrogens with zero attached hydrogens (tertiary/aromatic N) is 3. The summed E-state index contributed by atoms with van der Waals surface area (Å²) in [6.07, 6.45) is 6.06. The highest BCUT2D eigenvalue weighted by Crippen LogP contribution is 2.42. The maximum absolute atomic E-state index is 13.4. The van der Waals surface area contributed by atoms with Gasteiger partial charge >= 0.3 is 0 Å². The second-order valence-electron chi connectivity index (χ2n) is 9.21. The summed E-state index contributed by atoms with van der Waals surface area (Å²) in [6.45, 7) is 1.53. The van der Waals surface area contributed by atoms with Crippen molar-refractivity contribution in [3.63, 3.8) is 0 Å². The van der Waals surface area contributed by atoms with Crippen LogP contribution in [0.3, 0.4) is 0 Å². The SMILES string of the molecule is O=C1c2c(O)c(=O)ccn2N2CN1CCCCCOc1cccc3c1[C@@H]2c1ccccc1CC3. The van der Waals surface area contributed by atoms with Crippen LogP contribution in [0.1, 0.15) is 58.0 Å². The zero-order valence-electron chi connectivity index (χ0n) is 18.9. The fraction of sp³-hybridized carbons (Fsp3) is 0.333. The molecule has 0 radical (unpaired) electrons. The van der Waals surface area contributed by atoms with Crippen LogP contribution >= 0.6 is 0 Å². The van der Waals surface area contributed by atoms with Gasteiger partial charge in [0, 0.05) is 24.4 Å². The van der Waals surface area contributed by atoms with Gasteiger partial charge in [-0.15, -0.1) is 0 Å². The predicted molar refractivity (Wildman–Crippen MR) is 128 cm³/mol. The molecule has 0 saturated heterocycles. The van der Waals surface area contributed by atoms with E-state index in [-0.39, 0.29) is 17.6 Å². The lowest BCUT2D eigenvalue weighted by atomic mass is 9.93. The van der Waals surface area contributed by atoms with Gasteiger partial charge in [-0.1, -0.05) is 36.4 Å². The van der Waals surface area contributed by atoms with Crippen LogP contribution in [0.25, 0.3) is 0 Å². The van der Waals surface area contributed by atoms with Crippen molar-refractivity contribution in [3.05, 3.63) is 92.9 Å². The van der Waals surface area contributed by atoms with Crippen molar-refractivity contribution in [2.45, 2.75) is 38.1 Å². The molecule has 1 aromatic heterocycles. The molecular formula is C27H27N3O4. The van der Waals surface area contributed by atoms with Gasteiger partial charge in [0.1, 0.15) is 18.5 Å². The van der Waals surface area contributed by atoms with Crippen molar-refractivity contribution in [2.75, 3.05) is 24.8 Å². The topological polar surface area (TPSA) is 75.0 Å². The summed E-state index contributed by atoms with van der Waals surface area (Å²) in [5, 5.41) is 12.8. The fourth-order valence-corrected chi connectivity index (χ4v) is 5.54. The molecule has 3 aromatic rings. The molecule has 3 aliphatic rings. The molecular weight excluding hydrogens is 430 g/mol. The van der Waals surface area contributed by atoms with Gasteiger partial charge in [-0.3, -0.25) is 19.3 Å². The lowest BCUT2D eigenvalue weighted by Crippen LogP contribution is -2.55. The molecule has 2 aromatic carbocycles. The highest BCUT2D eigenvalue weighted by Gasteiger charge is 2.39. The van der Waals surface area contributed by atoms with Crippen LogP contribution in [-0.4, -0.2) is 40.4 Å². The zero-order chi connectivity index (χ0) is 23.2. The minimum Gasteiger partial charge on any atom is -0.502 e. The largest absolute Gasteiger partial charge is 0.502 e. The van der Waals surface area contributed by atoms with Crippen molar-refractivity contribution >= 4 is 5.91 Å². The number of rotatable bonds is 0. The lowest BCUT2D eigenvalue weighted by molar-refractivity contribution is 0.0674. The smallest absolute Gasteiger partial charge is 0.277 e. The molecule has 0 fully saturated rings. The summed E-state index contributed by atoms with van der Waals surface area (Å²) >= 11 is 0. The molecule has 34 heavy (non-hydrogen) atoms. The zero-order valence-corrected chi connectivity index (χ0v) is 18.9. The molecule has 3 heterocycles. The van der Waals surface area contributed by atoms with E-state index in [0.29, 0.717) is 19.8 Å². The summed E-state index contributed by atoms with van der Waals surface area (Å²) in [4.78, 5) is 27.5. The standard InChI is InChI=1S/C27H27N3O4/c31-21-13-15-29-25(26(21)32)27(33)28-14-4-1-5-16-34-22-10-6-8-19-12-11-18-7-2-3-9-20(18)24(23(19)22)30(29)17-28/h2-3,6-10,13,15,24,32H,1,4-5,11-12,14,16-17H2/t24-/m0/s1. The van der Waals surface area contributed by atoms with E-state index in [4.69, 9.17) is 4.74 Å². The summed E-state index contributed by atoms with van der Waals surface area (Å²) in [5.41, 5.74) is 4.17. The Morgan fingerprint density at radius 3 is 2.65 bits per heavy atom. The summed E-state index contributed by atoms with van der Waals surface area (Å²) < 4.78 is 8.03. The summed E-state index contributed by atoms with van der Waals surface area (Å²) in [7, 11) is 0. The normalized spacial score (nSPS) is 19.5. The molecule has 7 heteroatoms. The highest BCUT2D eigenvalue weighted by atomic mass is 16.5. The molecule has 1 atom stereocenters. The van der Waals surface area contributed by atoms with Crippen LogP contribution < -0.4 is 15.2 Å². The van der Waals surface area contributed by atoms with Crippen molar-refractivity contribution in [1.29, 1.82) is 0 Å². The number of pyridine rings is 1. The monoisotopic (exact) mass is 457 g/mol. The molecule has 2 bridgehead atoms.